The topological polar surface area (TPSA) is 63.2 Å². The average Bonchev–Trinajstić information content (AvgIpc) is 3.27. The highest BCUT2D eigenvalue weighted by molar-refractivity contribution is 7.14. The minimum absolute atomic E-state index is 0.273. The minimum Gasteiger partial charge on any atom is -0.406 e. The maximum Gasteiger partial charge on any atom is 0.573 e. The Kier molecular flexibility index (Phi) is 5.97. The molecule has 1 amide bonds. The first-order valence-corrected chi connectivity index (χ1v) is 9.54. The summed E-state index contributed by atoms with van der Waals surface area (Å²) in [6.45, 7) is 0.514. The van der Waals surface area contributed by atoms with Crippen LogP contribution >= 0.6 is 22.7 Å². The van der Waals surface area contributed by atoms with Gasteiger partial charge in [-0.05, 0) is 42.1 Å². The lowest BCUT2D eigenvalue weighted by Crippen LogP contribution is -2.25. The first kappa shape index (κ1) is 19.2. The number of rotatable bonds is 7. The molecule has 2 N–H and O–H groups in total. The highest BCUT2D eigenvalue weighted by Gasteiger charge is 2.30. The van der Waals surface area contributed by atoms with Crippen LogP contribution in [0, 0.1) is 0 Å². The zero-order valence-electron chi connectivity index (χ0n) is 13.7. The maximum atomic E-state index is 12.2. The van der Waals surface area contributed by atoms with E-state index in [2.05, 4.69) is 20.4 Å². The summed E-state index contributed by atoms with van der Waals surface area (Å²) in [5, 5.41) is 9.80. The zero-order valence-corrected chi connectivity index (χ0v) is 15.4. The van der Waals surface area contributed by atoms with E-state index in [1.165, 1.54) is 40.5 Å². The molecule has 0 radical (unpaired) electrons. The number of aromatic nitrogens is 1. The van der Waals surface area contributed by atoms with Crippen molar-refractivity contribution in [2.75, 3.05) is 11.9 Å². The van der Waals surface area contributed by atoms with Crippen molar-refractivity contribution in [3.63, 3.8) is 0 Å². The van der Waals surface area contributed by atoms with Gasteiger partial charge in [0.2, 0.25) is 0 Å². The lowest BCUT2D eigenvalue weighted by molar-refractivity contribution is -0.274. The second-order valence-corrected chi connectivity index (χ2v) is 7.21. The Labute approximate surface area is 160 Å². The molecule has 0 aliphatic rings. The predicted octanol–water partition coefficient (Wildman–Crippen LogP) is 4.82. The van der Waals surface area contributed by atoms with Gasteiger partial charge in [0.15, 0.2) is 5.13 Å². The van der Waals surface area contributed by atoms with Gasteiger partial charge in [-0.15, -0.1) is 35.8 Å². The molecule has 0 saturated carbocycles. The van der Waals surface area contributed by atoms with Crippen molar-refractivity contribution in [2.24, 2.45) is 0 Å². The van der Waals surface area contributed by atoms with Crippen LogP contribution in [0.1, 0.15) is 15.4 Å². The molecule has 0 aliphatic heterocycles. The van der Waals surface area contributed by atoms with E-state index in [4.69, 9.17) is 0 Å². The van der Waals surface area contributed by atoms with Crippen molar-refractivity contribution >= 4 is 39.4 Å². The number of benzene rings is 1. The van der Waals surface area contributed by atoms with Gasteiger partial charge in [-0.3, -0.25) is 4.79 Å². The summed E-state index contributed by atoms with van der Waals surface area (Å²) in [5.74, 6) is -0.581. The lowest BCUT2D eigenvalue weighted by atomic mass is 10.3. The molecule has 0 spiro atoms. The number of hydrogen-bond donors (Lipinski definition) is 2. The van der Waals surface area contributed by atoms with E-state index in [-0.39, 0.29) is 17.4 Å². The van der Waals surface area contributed by atoms with Crippen LogP contribution in [0.3, 0.4) is 0 Å². The van der Waals surface area contributed by atoms with Crippen molar-refractivity contribution in [1.29, 1.82) is 0 Å². The van der Waals surface area contributed by atoms with E-state index in [1.807, 2.05) is 17.5 Å². The van der Waals surface area contributed by atoms with Crippen molar-refractivity contribution in [3.8, 4) is 5.75 Å². The van der Waals surface area contributed by atoms with Gasteiger partial charge in [0.1, 0.15) is 11.4 Å². The van der Waals surface area contributed by atoms with Crippen LogP contribution in [-0.2, 0) is 6.42 Å². The number of carbonyl (C=O) groups excluding carboxylic acids is 1. The third-order valence-corrected chi connectivity index (χ3v) is 5.01. The fourth-order valence-corrected chi connectivity index (χ4v) is 3.56. The van der Waals surface area contributed by atoms with Crippen LogP contribution < -0.4 is 15.4 Å². The van der Waals surface area contributed by atoms with E-state index in [0.717, 1.165) is 6.42 Å². The predicted molar refractivity (Wildman–Crippen MR) is 98.9 cm³/mol. The number of nitrogens with one attached hydrogen (secondary N) is 2. The number of nitrogens with zero attached hydrogens (tertiary/aromatic N) is 1. The van der Waals surface area contributed by atoms with Gasteiger partial charge in [-0.25, -0.2) is 4.98 Å². The first-order chi connectivity index (χ1) is 12.9. The molecule has 0 atom stereocenters. The molecular weight excluding hydrogens is 399 g/mol. The van der Waals surface area contributed by atoms with Crippen LogP contribution in [0.25, 0.3) is 0 Å². The summed E-state index contributed by atoms with van der Waals surface area (Å²) < 4.78 is 40.3. The van der Waals surface area contributed by atoms with Crippen LogP contribution in [0.4, 0.5) is 24.0 Å². The molecular formula is C17H14F3N3O2S2. The molecule has 0 fully saturated rings. The summed E-state index contributed by atoms with van der Waals surface area (Å²) in [4.78, 5) is 17.5. The molecule has 142 valence electrons. The molecule has 5 nitrogen and oxygen atoms in total. The Morgan fingerprint density at radius 2 is 1.93 bits per heavy atom. The van der Waals surface area contributed by atoms with Gasteiger partial charge in [0.05, 0.1) is 0 Å². The number of ether oxygens (including phenoxy) is 1. The summed E-state index contributed by atoms with van der Waals surface area (Å²) in [7, 11) is 0. The molecule has 3 aromatic rings. The highest BCUT2D eigenvalue weighted by Crippen LogP contribution is 2.26. The maximum absolute atomic E-state index is 12.2. The van der Waals surface area contributed by atoms with Gasteiger partial charge in [-0.1, -0.05) is 6.07 Å². The van der Waals surface area contributed by atoms with E-state index in [9.17, 15) is 18.0 Å². The van der Waals surface area contributed by atoms with Gasteiger partial charge in [0, 0.05) is 22.5 Å². The number of thiazole rings is 1. The van der Waals surface area contributed by atoms with Gasteiger partial charge >= 0.3 is 6.36 Å². The normalized spacial score (nSPS) is 11.2. The number of amides is 1. The van der Waals surface area contributed by atoms with Crippen molar-refractivity contribution in [2.45, 2.75) is 12.8 Å². The highest BCUT2D eigenvalue weighted by atomic mass is 32.1. The SMILES string of the molecule is O=C(NCCc1cccs1)c1csc(Nc2ccc(OC(F)(F)F)cc2)n1. The standard InChI is InChI=1S/C17H14F3N3O2S2/c18-17(19,20)25-12-5-3-11(4-6-12)22-16-23-14(10-27-16)15(24)21-8-7-13-2-1-9-26-13/h1-6,9-10H,7-8H2,(H,21,24)(H,22,23). The Hall–Kier alpha value is -2.59. The van der Waals surface area contributed by atoms with Crippen LogP contribution in [0.2, 0.25) is 0 Å². The van der Waals surface area contributed by atoms with Crippen LogP contribution in [0.5, 0.6) is 5.75 Å². The molecule has 10 heteroatoms. The van der Waals surface area contributed by atoms with E-state index in [1.54, 1.807) is 16.7 Å². The number of thiophene rings is 1. The van der Waals surface area contributed by atoms with Crippen molar-refractivity contribution < 1.29 is 22.7 Å². The van der Waals surface area contributed by atoms with Gasteiger partial charge < -0.3 is 15.4 Å². The molecule has 2 heterocycles. The number of carbonyl (C=O) groups is 1. The summed E-state index contributed by atoms with van der Waals surface area (Å²) in [6.07, 6.45) is -3.97. The van der Waals surface area contributed by atoms with Crippen LogP contribution in [0.15, 0.2) is 47.2 Å². The Morgan fingerprint density at radius 1 is 1.15 bits per heavy atom. The number of alkyl halides is 3. The monoisotopic (exact) mass is 413 g/mol. The number of hydrogen-bond acceptors (Lipinski definition) is 6. The smallest absolute Gasteiger partial charge is 0.406 e. The minimum atomic E-state index is -4.73. The molecule has 2 aromatic heterocycles. The lowest BCUT2D eigenvalue weighted by Gasteiger charge is -2.09. The third kappa shape index (κ3) is 5.97. The summed E-state index contributed by atoms with van der Waals surface area (Å²) >= 11 is 2.86. The molecule has 0 unspecified atom stereocenters. The van der Waals surface area contributed by atoms with E-state index in [0.29, 0.717) is 17.4 Å². The fraction of sp³-hybridized carbons (Fsp3) is 0.176. The average molecular weight is 413 g/mol. The molecule has 0 saturated heterocycles. The molecule has 0 bridgehead atoms. The largest absolute Gasteiger partial charge is 0.573 e. The molecule has 0 aliphatic carbocycles. The Morgan fingerprint density at radius 3 is 2.59 bits per heavy atom. The first-order valence-electron chi connectivity index (χ1n) is 7.78. The Bertz CT molecular complexity index is 878. The zero-order chi connectivity index (χ0) is 19.3. The second kappa shape index (κ2) is 8.40. The van der Waals surface area contributed by atoms with Crippen molar-refractivity contribution in [1.82, 2.24) is 10.3 Å². The molecule has 3 rings (SSSR count). The molecule has 1 aromatic carbocycles. The van der Waals surface area contributed by atoms with E-state index < -0.39 is 6.36 Å². The Balaban J connectivity index is 1.52. The number of anilines is 2. The van der Waals surface area contributed by atoms with Gasteiger partial charge in [0.25, 0.3) is 5.91 Å². The van der Waals surface area contributed by atoms with Crippen LogP contribution in [-0.4, -0.2) is 23.8 Å². The second-order valence-electron chi connectivity index (χ2n) is 5.32. The van der Waals surface area contributed by atoms with Crippen molar-refractivity contribution in [3.05, 3.63) is 57.7 Å². The fourth-order valence-electron chi connectivity index (χ4n) is 2.14. The molecule has 27 heavy (non-hydrogen) atoms. The van der Waals surface area contributed by atoms with E-state index >= 15 is 0 Å². The third-order valence-electron chi connectivity index (χ3n) is 3.31. The van der Waals surface area contributed by atoms with Gasteiger partial charge in [-0.2, -0.15) is 0 Å². The number of halogens is 3. The summed E-state index contributed by atoms with van der Waals surface area (Å²) in [6, 6.07) is 9.23. The quantitative estimate of drug-likeness (QED) is 0.583. The summed E-state index contributed by atoms with van der Waals surface area (Å²) in [5.41, 5.74) is 0.814.